The highest BCUT2D eigenvalue weighted by Crippen LogP contribution is 2.22. The number of hydrogen-bond acceptors (Lipinski definition) is 9. The molecule has 0 aliphatic heterocycles. The molecule has 5 aromatic rings. The molecule has 13 heteroatoms. The molecule has 0 saturated carbocycles. The predicted molar refractivity (Wildman–Crippen MR) is 127 cm³/mol. The fourth-order valence-corrected chi connectivity index (χ4v) is 3.81. The van der Waals surface area contributed by atoms with Crippen molar-refractivity contribution in [3.63, 3.8) is 0 Å². The molecular weight excluding hydrogens is 454 g/mol. The molecule has 180 valence electrons. The number of nitrogen functional groups attached to an aromatic ring is 1. The smallest absolute Gasteiger partial charge is 0.332 e. The van der Waals surface area contributed by atoms with E-state index in [0.29, 0.717) is 28.9 Å². The van der Waals surface area contributed by atoms with Gasteiger partial charge in [-0.3, -0.25) is 13.9 Å². The van der Waals surface area contributed by atoms with Crippen LogP contribution in [0.2, 0.25) is 0 Å². The first-order valence-electron chi connectivity index (χ1n) is 10.8. The van der Waals surface area contributed by atoms with Crippen LogP contribution in [0.5, 0.6) is 5.88 Å². The summed E-state index contributed by atoms with van der Waals surface area (Å²) in [6.07, 6.45) is 2.53. The third-order valence-corrected chi connectivity index (χ3v) is 5.53. The number of anilines is 1. The molecule has 2 N–H and O–H groups in total. The largest absolute Gasteiger partial charge is 0.471 e. The standard InChI is InChI=1S/C22H23N9O4/c1-13(9-30-11-25-18-16(30)20(32)29(3)22(33)28(18)2)35-31-12-24-15-17(31)26-21(23)27-19(15)34-10-14-7-5-4-6-8-14/h4-8,11-13H,9-10H2,1-3H3,(H2,23,26,27). The Morgan fingerprint density at radius 1 is 1.00 bits per heavy atom. The van der Waals surface area contributed by atoms with Crippen LogP contribution >= 0.6 is 0 Å². The van der Waals surface area contributed by atoms with Gasteiger partial charge in [-0.25, -0.2) is 14.8 Å². The molecule has 0 radical (unpaired) electrons. The Morgan fingerprint density at radius 3 is 2.54 bits per heavy atom. The zero-order chi connectivity index (χ0) is 24.7. The van der Waals surface area contributed by atoms with Crippen LogP contribution in [0, 0.1) is 0 Å². The van der Waals surface area contributed by atoms with Crippen molar-refractivity contribution in [3.8, 4) is 5.88 Å². The second kappa shape index (κ2) is 8.59. The third-order valence-electron chi connectivity index (χ3n) is 5.53. The van der Waals surface area contributed by atoms with Crippen LogP contribution < -0.4 is 26.6 Å². The number of aromatic nitrogens is 8. The van der Waals surface area contributed by atoms with Crippen LogP contribution in [0.4, 0.5) is 5.95 Å². The lowest BCUT2D eigenvalue weighted by Gasteiger charge is -2.16. The van der Waals surface area contributed by atoms with E-state index in [1.165, 1.54) is 29.0 Å². The first kappa shape index (κ1) is 22.1. The Morgan fingerprint density at radius 2 is 1.77 bits per heavy atom. The van der Waals surface area contributed by atoms with Crippen LogP contribution in [-0.2, 0) is 27.2 Å². The van der Waals surface area contributed by atoms with Gasteiger partial charge in [0.25, 0.3) is 5.56 Å². The Bertz CT molecular complexity index is 1650. The van der Waals surface area contributed by atoms with Gasteiger partial charge in [-0.2, -0.15) is 14.7 Å². The highest BCUT2D eigenvalue weighted by atomic mass is 16.7. The van der Waals surface area contributed by atoms with E-state index in [-0.39, 0.29) is 18.4 Å². The van der Waals surface area contributed by atoms with E-state index in [4.69, 9.17) is 15.3 Å². The predicted octanol–water partition coefficient (Wildman–Crippen LogP) is 0.252. The second-order valence-corrected chi connectivity index (χ2v) is 8.09. The van der Waals surface area contributed by atoms with Crippen LogP contribution in [0.25, 0.3) is 22.3 Å². The third kappa shape index (κ3) is 3.96. The molecule has 1 unspecified atom stereocenters. The van der Waals surface area contributed by atoms with Crippen LogP contribution in [-0.4, -0.2) is 44.5 Å². The highest BCUT2D eigenvalue weighted by molar-refractivity contribution is 5.77. The van der Waals surface area contributed by atoms with Gasteiger partial charge >= 0.3 is 5.69 Å². The molecule has 5 rings (SSSR count). The number of rotatable bonds is 7. The van der Waals surface area contributed by atoms with Crippen molar-refractivity contribution < 1.29 is 9.57 Å². The SMILES string of the molecule is CC(Cn1cnc2c1c(=O)n(C)c(=O)n2C)On1cnc2c(OCc3ccccc3)nc(N)nc21. The fourth-order valence-electron chi connectivity index (χ4n) is 3.81. The minimum Gasteiger partial charge on any atom is -0.471 e. The zero-order valence-corrected chi connectivity index (χ0v) is 19.3. The minimum atomic E-state index is -0.440. The first-order chi connectivity index (χ1) is 16.8. The number of aryl methyl sites for hydroxylation is 1. The van der Waals surface area contributed by atoms with Gasteiger partial charge in [-0.1, -0.05) is 30.3 Å². The highest BCUT2D eigenvalue weighted by Gasteiger charge is 2.19. The van der Waals surface area contributed by atoms with E-state index < -0.39 is 17.4 Å². The molecule has 35 heavy (non-hydrogen) atoms. The quantitative estimate of drug-likeness (QED) is 0.348. The lowest BCUT2D eigenvalue weighted by Crippen LogP contribution is -2.38. The van der Waals surface area contributed by atoms with E-state index in [9.17, 15) is 9.59 Å². The van der Waals surface area contributed by atoms with Crippen molar-refractivity contribution in [1.29, 1.82) is 0 Å². The molecule has 0 amide bonds. The molecule has 1 atom stereocenters. The molecule has 0 fully saturated rings. The summed E-state index contributed by atoms with van der Waals surface area (Å²) >= 11 is 0. The van der Waals surface area contributed by atoms with Gasteiger partial charge in [0.05, 0.1) is 12.9 Å². The summed E-state index contributed by atoms with van der Waals surface area (Å²) in [4.78, 5) is 47.9. The molecule has 13 nitrogen and oxygen atoms in total. The maximum atomic E-state index is 12.7. The maximum absolute atomic E-state index is 12.7. The van der Waals surface area contributed by atoms with Crippen molar-refractivity contribution in [2.24, 2.45) is 14.1 Å². The van der Waals surface area contributed by atoms with Crippen LogP contribution in [0.15, 0.2) is 52.6 Å². The van der Waals surface area contributed by atoms with Gasteiger partial charge in [0.1, 0.15) is 19.0 Å². The van der Waals surface area contributed by atoms with E-state index in [1.807, 2.05) is 37.3 Å². The average Bonchev–Trinajstić information content (AvgIpc) is 3.45. The average molecular weight is 477 g/mol. The Balaban J connectivity index is 1.40. The summed E-state index contributed by atoms with van der Waals surface area (Å²) < 4.78 is 11.3. The van der Waals surface area contributed by atoms with Crippen molar-refractivity contribution in [1.82, 2.24) is 38.4 Å². The molecular formula is C22H23N9O4. The normalized spacial score (nSPS) is 12.3. The monoisotopic (exact) mass is 477 g/mol. The molecule has 0 spiro atoms. The number of imidazole rings is 2. The summed E-state index contributed by atoms with van der Waals surface area (Å²) in [7, 11) is 3.00. The summed E-state index contributed by atoms with van der Waals surface area (Å²) in [5, 5.41) is 0. The number of hydrogen-bond donors (Lipinski definition) is 1. The Labute approximate surface area is 198 Å². The minimum absolute atomic E-state index is 0.0172. The molecule has 1 aromatic carbocycles. The van der Waals surface area contributed by atoms with Gasteiger partial charge in [0, 0.05) is 14.1 Å². The lowest BCUT2D eigenvalue weighted by atomic mass is 10.2. The molecule has 0 aliphatic rings. The Kier molecular flexibility index (Phi) is 5.43. The number of nitrogens with two attached hydrogens (primary N) is 1. The van der Waals surface area contributed by atoms with E-state index in [2.05, 4.69) is 19.9 Å². The van der Waals surface area contributed by atoms with E-state index >= 15 is 0 Å². The molecule has 0 bridgehead atoms. The van der Waals surface area contributed by atoms with Crippen molar-refractivity contribution in [2.45, 2.75) is 26.2 Å². The Hall–Kier alpha value is -4.68. The van der Waals surface area contributed by atoms with E-state index in [0.717, 1.165) is 10.1 Å². The van der Waals surface area contributed by atoms with Gasteiger partial charge in [0.2, 0.25) is 17.5 Å². The van der Waals surface area contributed by atoms with Gasteiger partial charge < -0.3 is 19.9 Å². The molecule has 4 aromatic heterocycles. The van der Waals surface area contributed by atoms with Gasteiger partial charge in [0.15, 0.2) is 16.7 Å². The summed E-state index contributed by atoms with van der Waals surface area (Å²) in [5.41, 5.74) is 7.37. The fraction of sp³-hybridized carbons (Fsp3) is 0.273. The first-order valence-corrected chi connectivity index (χ1v) is 10.8. The number of benzene rings is 1. The van der Waals surface area contributed by atoms with Crippen molar-refractivity contribution in [3.05, 3.63) is 69.4 Å². The molecule has 0 saturated heterocycles. The number of nitrogens with zero attached hydrogens (tertiary/aromatic N) is 8. The van der Waals surface area contributed by atoms with Gasteiger partial charge in [-0.05, 0) is 12.5 Å². The summed E-state index contributed by atoms with van der Waals surface area (Å²) in [6, 6.07) is 9.65. The molecule has 0 aliphatic carbocycles. The topological polar surface area (TPSA) is 150 Å². The second-order valence-electron chi connectivity index (χ2n) is 8.09. The molecule has 4 heterocycles. The van der Waals surface area contributed by atoms with E-state index in [1.54, 1.807) is 11.6 Å². The number of ether oxygens (including phenoxy) is 1. The summed E-state index contributed by atoms with van der Waals surface area (Å²) in [6.45, 7) is 2.39. The van der Waals surface area contributed by atoms with Crippen LogP contribution in [0.3, 0.4) is 0 Å². The van der Waals surface area contributed by atoms with Gasteiger partial charge in [-0.15, -0.1) is 0 Å². The summed E-state index contributed by atoms with van der Waals surface area (Å²) in [5.74, 6) is 0.264. The number of fused-ring (bicyclic) bond motifs is 2. The maximum Gasteiger partial charge on any atom is 0.332 e. The van der Waals surface area contributed by atoms with Crippen molar-refractivity contribution in [2.75, 3.05) is 5.73 Å². The van der Waals surface area contributed by atoms with Crippen LogP contribution in [0.1, 0.15) is 12.5 Å². The van der Waals surface area contributed by atoms with Crippen molar-refractivity contribution >= 4 is 28.3 Å². The zero-order valence-electron chi connectivity index (χ0n) is 19.3. The lowest BCUT2D eigenvalue weighted by molar-refractivity contribution is 0.0446.